The van der Waals surface area contributed by atoms with Crippen LogP contribution in [0.4, 0.5) is 5.69 Å². The van der Waals surface area contributed by atoms with Gasteiger partial charge in [-0.25, -0.2) is 0 Å². The van der Waals surface area contributed by atoms with E-state index in [0.29, 0.717) is 5.75 Å². The summed E-state index contributed by atoms with van der Waals surface area (Å²) in [6, 6.07) is 16.0. The molecule has 0 radical (unpaired) electrons. The molecule has 0 aromatic heterocycles. The fourth-order valence-corrected chi connectivity index (χ4v) is 2.83. The molecule has 0 amide bonds. The van der Waals surface area contributed by atoms with E-state index in [1.165, 1.54) is 11.3 Å². The highest BCUT2D eigenvalue weighted by Gasteiger charge is 2.17. The highest BCUT2D eigenvalue weighted by Crippen LogP contribution is 2.23. The number of hydrogen-bond acceptors (Lipinski definition) is 3. The number of para-hydroxylation sites is 1. The number of piperidine rings is 1. The van der Waals surface area contributed by atoms with Gasteiger partial charge in [0.2, 0.25) is 0 Å². The molecule has 110 valence electrons. The van der Waals surface area contributed by atoms with E-state index in [0.717, 1.165) is 37.9 Å². The summed E-state index contributed by atoms with van der Waals surface area (Å²) in [6.07, 6.45) is 2.30. The summed E-state index contributed by atoms with van der Waals surface area (Å²) in [4.78, 5) is 2.32. The fourth-order valence-electron chi connectivity index (χ4n) is 2.83. The minimum atomic E-state index is -0.137. The van der Waals surface area contributed by atoms with Crippen molar-refractivity contribution in [1.82, 2.24) is 0 Å². The lowest BCUT2D eigenvalue weighted by molar-refractivity contribution is 0.145. The molecule has 0 unspecified atom stereocenters. The van der Waals surface area contributed by atoms with Gasteiger partial charge in [0.15, 0.2) is 0 Å². The van der Waals surface area contributed by atoms with E-state index in [4.69, 9.17) is 0 Å². The maximum atomic E-state index is 9.82. The molecule has 1 heterocycles. The van der Waals surface area contributed by atoms with Crippen LogP contribution in [0.15, 0.2) is 48.5 Å². The zero-order valence-corrected chi connectivity index (χ0v) is 12.1. The number of aliphatic hydroxyl groups excluding tert-OH is 1. The first-order chi connectivity index (χ1) is 10.2. The Morgan fingerprint density at radius 1 is 0.952 bits per heavy atom. The third-order valence-corrected chi connectivity index (χ3v) is 4.15. The van der Waals surface area contributed by atoms with Crippen LogP contribution in [-0.4, -0.2) is 29.4 Å². The molecule has 0 saturated carbocycles. The summed E-state index contributed by atoms with van der Waals surface area (Å²) in [5.41, 5.74) is 3.35. The van der Waals surface area contributed by atoms with E-state index in [9.17, 15) is 10.2 Å². The number of phenols is 1. The van der Waals surface area contributed by atoms with E-state index in [1.54, 1.807) is 6.07 Å². The van der Waals surface area contributed by atoms with Crippen molar-refractivity contribution in [1.29, 1.82) is 0 Å². The third-order valence-electron chi connectivity index (χ3n) is 4.15. The largest absolute Gasteiger partial charge is 0.508 e. The fraction of sp³-hybridized carbons (Fsp3) is 0.333. The molecule has 2 aromatic rings. The highest BCUT2D eigenvalue weighted by molar-refractivity contribution is 5.49. The second kappa shape index (κ2) is 6.19. The highest BCUT2D eigenvalue weighted by atomic mass is 16.3. The SMILES string of the molecule is Oc1ccccc1Cc1ccc(N2CCC(O)CC2)cc1. The van der Waals surface area contributed by atoms with Crippen molar-refractivity contribution in [2.45, 2.75) is 25.4 Å². The molecule has 2 aromatic carbocycles. The Balaban J connectivity index is 1.68. The van der Waals surface area contributed by atoms with Crippen molar-refractivity contribution < 1.29 is 10.2 Å². The van der Waals surface area contributed by atoms with Crippen LogP contribution >= 0.6 is 0 Å². The van der Waals surface area contributed by atoms with Gasteiger partial charge in [0.25, 0.3) is 0 Å². The number of aromatic hydroxyl groups is 1. The molecule has 0 aliphatic carbocycles. The summed E-state index contributed by atoms with van der Waals surface area (Å²) in [6.45, 7) is 1.83. The van der Waals surface area contributed by atoms with Crippen molar-refractivity contribution in [3.8, 4) is 5.75 Å². The standard InChI is InChI=1S/C18H21NO2/c20-17-9-11-19(12-10-17)16-7-5-14(6-8-16)13-15-3-1-2-4-18(15)21/h1-8,17,20-21H,9-13H2. The van der Waals surface area contributed by atoms with E-state index in [1.807, 2.05) is 18.2 Å². The number of benzene rings is 2. The summed E-state index contributed by atoms with van der Waals surface area (Å²) >= 11 is 0. The Morgan fingerprint density at radius 3 is 2.29 bits per heavy atom. The molecular weight excluding hydrogens is 262 g/mol. The first kappa shape index (κ1) is 14.0. The molecule has 1 aliphatic heterocycles. The molecule has 1 saturated heterocycles. The molecule has 0 bridgehead atoms. The smallest absolute Gasteiger partial charge is 0.119 e. The van der Waals surface area contributed by atoms with E-state index < -0.39 is 0 Å². The Kier molecular flexibility index (Phi) is 4.11. The first-order valence-corrected chi connectivity index (χ1v) is 7.51. The Labute approximate surface area is 125 Å². The van der Waals surface area contributed by atoms with Gasteiger partial charge in [-0.1, -0.05) is 30.3 Å². The second-order valence-corrected chi connectivity index (χ2v) is 5.69. The van der Waals surface area contributed by atoms with Crippen LogP contribution in [0.5, 0.6) is 5.75 Å². The molecule has 0 spiro atoms. The molecule has 3 rings (SSSR count). The van der Waals surface area contributed by atoms with Gasteiger partial charge in [-0.05, 0) is 42.2 Å². The average molecular weight is 283 g/mol. The van der Waals surface area contributed by atoms with Crippen LogP contribution in [0.25, 0.3) is 0 Å². The number of hydrogen-bond donors (Lipinski definition) is 2. The van der Waals surface area contributed by atoms with Crippen molar-refractivity contribution in [3.63, 3.8) is 0 Å². The van der Waals surface area contributed by atoms with E-state index in [2.05, 4.69) is 29.2 Å². The molecular formula is C18H21NO2. The van der Waals surface area contributed by atoms with Gasteiger partial charge in [0, 0.05) is 25.2 Å². The van der Waals surface area contributed by atoms with Gasteiger partial charge in [-0.3, -0.25) is 0 Å². The number of aliphatic hydroxyl groups is 1. The predicted octanol–water partition coefficient (Wildman–Crippen LogP) is 2.94. The summed E-state index contributed by atoms with van der Waals surface area (Å²) in [5, 5.41) is 19.4. The van der Waals surface area contributed by atoms with Gasteiger partial charge in [0.05, 0.1) is 6.10 Å². The molecule has 21 heavy (non-hydrogen) atoms. The van der Waals surface area contributed by atoms with Crippen molar-refractivity contribution >= 4 is 5.69 Å². The van der Waals surface area contributed by atoms with Gasteiger partial charge in [-0.2, -0.15) is 0 Å². The molecule has 2 N–H and O–H groups in total. The summed E-state index contributed by atoms with van der Waals surface area (Å²) in [7, 11) is 0. The number of nitrogens with zero attached hydrogens (tertiary/aromatic N) is 1. The molecule has 3 heteroatoms. The maximum Gasteiger partial charge on any atom is 0.119 e. The predicted molar refractivity (Wildman–Crippen MR) is 84.8 cm³/mol. The zero-order chi connectivity index (χ0) is 14.7. The van der Waals surface area contributed by atoms with Crippen LogP contribution < -0.4 is 4.90 Å². The quantitative estimate of drug-likeness (QED) is 0.910. The zero-order valence-electron chi connectivity index (χ0n) is 12.1. The van der Waals surface area contributed by atoms with Crippen LogP contribution in [-0.2, 0) is 6.42 Å². The summed E-state index contributed by atoms with van der Waals surface area (Å²) < 4.78 is 0. The monoisotopic (exact) mass is 283 g/mol. The molecule has 0 atom stereocenters. The Morgan fingerprint density at radius 2 is 1.62 bits per heavy atom. The first-order valence-electron chi connectivity index (χ1n) is 7.51. The van der Waals surface area contributed by atoms with E-state index >= 15 is 0 Å². The van der Waals surface area contributed by atoms with Gasteiger partial charge < -0.3 is 15.1 Å². The van der Waals surface area contributed by atoms with Crippen molar-refractivity contribution in [2.75, 3.05) is 18.0 Å². The maximum absolute atomic E-state index is 9.82. The van der Waals surface area contributed by atoms with Crippen LogP contribution in [0.1, 0.15) is 24.0 Å². The van der Waals surface area contributed by atoms with Gasteiger partial charge in [-0.15, -0.1) is 0 Å². The molecule has 1 aliphatic rings. The average Bonchev–Trinajstić information content (AvgIpc) is 2.51. The van der Waals surface area contributed by atoms with Crippen LogP contribution in [0, 0.1) is 0 Å². The van der Waals surface area contributed by atoms with Crippen LogP contribution in [0.3, 0.4) is 0 Å². The van der Waals surface area contributed by atoms with Gasteiger partial charge in [0.1, 0.15) is 5.75 Å². The van der Waals surface area contributed by atoms with Crippen LogP contribution in [0.2, 0.25) is 0 Å². The van der Waals surface area contributed by atoms with Crippen molar-refractivity contribution in [3.05, 3.63) is 59.7 Å². The van der Waals surface area contributed by atoms with Crippen molar-refractivity contribution in [2.24, 2.45) is 0 Å². The lowest BCUT2D eigenvalue weighted by Crippen LogP contribution is -2.35. The minimum absolute atomic E-state index is 0.137. The Hall–Kier alpha value is -2.00. The second-order valence-electron chi connectivity index (χ2n) is 5.69. The molecule has 3 nitrogen and oxygen atoms in total. The normalized spacial score (nSPS) is 16.1. The lowest BCUT2D eigenvalue weighted by atomic mass is 10.0. The lowest BCUT2D eigenvalue weighted by Gasteiger charge is -2.31. The Bertz CT molecular complexity index is 586. The summed E-state index contributed by atoms with van der Waals surface area (Å²) in [5.74, 6) is 0.353. The number of phenolic OH excluding ortho intramolecular Hbond substituents is 1. The third kappa shape index (κ3) is 3.37. The van der Waals surface area contributed by atoms with Gasteiger partial charge >= 0.3 is 0 Å². The molecule has 1 fully saturated rings. The number of anilines is 1. The minimum Gasteiger partial charge on any atom is -0.508 e. The number of rotatable bonds is 3. The topological polar surface area (TPSA) is 43.7 Å². The van der Waals surface area contributed by atoms with E-state index in [-0.39, 0.29) is 6.10 Å².